The highest BCUT2D eigenvalue weighted by Crippen LogP contribution is 2.34. The van der Waals surface area contributed by atoms with Gasteiger partial charge in [-0.2, -0.15) is 0 Å². The van der Waals surface area contributed by atoms with Gasteiger partial charge in [0.2, 0.25) is 11.8 Å². The summed E-state index contributed by atoms with van der Waals surface area (Å²) in [5.41, 5.74) is 2.53. The van der Waals surface area contributed by atoms with E-state index in [0.29, 0.717) is 27.9 Å². The largest absolute Gasteiger partial charge is 0.352 e. The van der Waals surface area contributed by atoms with E-state index < -0.39 is 11.9 Å². The predicted octanol–water partition coefficient (Wildman–Crippen LogP) is 4.39. The SMILES string of the molecule is O=C(CC[C@H]1N=C2c3ccccc3N=C(SCC(=O)Nc3ccc(F)cc3)N2C1=O)NCc1ccc(F)cc1. The van der Waals surface area contributed by atoms with Crippen LogP contribution in [0.5, 0.6) is 0 Å². The molecule has 0 saturated heterocycles. The van der Waals surface area contributed by atoms with Crippen molar-refractivity contribution in [2.75, 3.05) is 11.1 Å². The van der Waals surface area contributed by atoms with Crippen LogP contribution in [0.3, 0.4) is 0 Å². The molecule has 0 radical (unpaired) electrons. The smallest absolute Gasteiger partial charge is 0.259 e. The Morgan fingerprint density at radius 1 is 0.923 bits per heavy atom. The van der Waals surface area contributed by atoms with Crippen LogP contribution in [0.4, 0.5) is 20.2 Å². The molecule has 3 aromatic carbocycles. The molecule has 0 spiro atoms. The Kier molecular flexibility index (Phi) is 7.78. The van der Waals surface area contributed by atoms with Crippen molar-refractivity contribution in [3.05, 3.63) is 95.6 Å². The number of hydrogen-bond donors (Lipinski definition) is 2. The number of amides is 3. The minimum atomic E-state index is -0.776. The Labute approximate surface area is 227 Å². The van der Waals surface area contributed by atoms with Gasteiger partial charge in [-0.1, -0.05) is 36.0 Å². The Bertz CT molecular complexity index is 1480. The Hall–Kier alpha value is -4.38. The molecule has 198 valence electrons. The number of benzene rings is 3. The lowest BCUT2D eigenvalue weighted by Crippen LogP contribution is -2.41. The van der Waals surface area contributed by atoms with E-state index in [4.69, 9.17) is 0 Å². The van der Waals surface area contributed by atoms with E-state index in [9.17, 15) is 23.2 Å². The number of nitrogens with one attached hydrogen (secondary N) is 2. The van der Waals surface area contributed by atoms with Gasteiger partial charge in [0, 0.05) is 24.2 Å². The number of aliphatic imine (C=N–C) groups is 2. The van der Waals surface area contributed by atoms with Crippen molar-refractivity contribution in [1.29, 1.82) is 0 Å². The first kappa shape index (κ1) is 26.2. The fraction of sp³-hybridized carbons (Fsp3) is 0.179. The molecule has 0 saturated carbocycles. The first-order chi connectivity index (χ1) is 18.9. The van der Waals surface area contributed by atoms with Gasteiger partial charge in [0.25, 0.3) is 5.91 Å². The highest BCUT2D eigenvalue weighted by Gasteiger charge is 2.41. The molecule has 2 N–H and O–H groups in total. The number of carbonyl (C=O) groups excluding carboxylic acids is 3. The molecular formula is C28H23F2N5O3S. The van der Waals surface area contributed by atoms with Crippen LogP contribution in [-0.2, 0) is 20.9 Å². The van der Waals surface area contributed by atoms with Crippen LogP contribution in [0.2, 0.25) is 0 Å². The number of rotatable bonds is 8. The van der Waals surface area contributed by atoms with Gasteiger partial charge in [-0.3, -0.25) is 19.4 Å². The predicted molar refractivity (Wildman–Crippen MR) is 146 cm³/mol. The van der Waals surface area contributed by atoms with Crippen molar-refractivity contribution in [1.82, 2.24) is 10.2 Å². The monoisotopic (exact) mass is 547 g/mol. The van der Waals surface area contributed by atoms with Crippen molar-refractivity contribution in [2.24, 2.45) is 9.98 Å². The maximum absolute atomic E-state index is 13.4. The van der Waals surface area contributed by atoms with Crippen LogP contribution >= 0.6 is 11.8 Å². The minimum Gasteiger partial charge on any atom is -0.352 e. The number of carbonyl (C=O) groups is 3. The molecule has 3 amide bonds. The van der Waals surface area contributed by atoms with Gasteiger partial charge in [-0.05, 0) is 60.5 Å². The first-order valence-electron chi connectivity index (χ1n) is 12.2. The molecule has 0 aromatic heterocycles. The molecule has 11 heteroatoms. The van der Waals surface area contributed by atoms with Gasteiger partial charge in [-0.15, -0.1) is 0 Å². The van der Waals surface area contributed by atoms with Crippen LogP contribution in [0.25, 0.3) is 0 Å². The quantitative estimate of drug-likeness (QED) is 0.437. The van der Waals surface area contributed by atoms with E-state index in [1.807, 2.05) is 18.2 Å². The van der Waals surface area contributed by atoms with Crippen LogP contribution in [0.1, 0.15) is 24.0 Å². The third-order valence-corrected chi connectivity index (χ3v) is 6.99. The third kappa shape index (κ3) is 6.20. The molecule has 5 rings (SSSR count). The van der Waals surface area contributed by atoms with E-state index in [-0.39, 0.29) is 48.7 Å². The van der Waals surface area contributed by atoms with Crippen LogP contribution in [-0.4, -0.2) is 45.4 Å². The molecule has 0 aliphatic carbocycles. The van der Waals surface area contributed by atoms with Crippen molar-refractivity contribution in [3.8, 4) is 0 Å². The summed E-state index contributed by atoms with van der Waals surface area (Å²) in [6.45, 7) is 0.249. The first-order valence-corrected chi connectivity index (χ1v) is 13.1. The summed E-state index contributed by atoms with van der Waals surface area (Å²) >= 11 is 1.09. The molecule has 3 aromatic rings. The van der Waals surface area contributed by atoms with E-state index in [2.05, 4.69) is 20.6 Å². The second-order valence-corrected chi connectivity index (χ2v) is 9.78. The van der Waals surface area contributed by atoms with Gasteiger partial charge in [0.1, 0.15) is 23.5 Å². The molecule has 8 nitrogen and oxygen atoms in total. The molecular weight excluding hydrogens is 524 g/mol. The lowest BCUT2D eigenvalue weighted by Gasteiger charge is -2.25. The van der Waals surface area contributed by atoms with Gasteiger partial charge < -0.3 is 10.6 Å². The van der Waals surface area contributed by atoms with Crippen molar-refractivity contribution < 1.29 is 23.2 Å². The number of para-hydroxylation sites is 1. The number of hydrogen-bond acceptors (Lipinski definition) is 6. The fourth-order valence-corrected chi connectivity index (χ4v) is 4.91. The van der Waals surface area contributed by atoms with E-state index in [1.165, 1.54) is 41.3 Å². The lowest BCUT2D eigenvalue weighted by molar-refractivity contribution is -0.125. The molecule has 2 aliphatic rings. The topological polar surface area (TPSA) is 103 Å². The number of nitrogens with zero attached hydrogens (tertiary/aromatic N) is 3. The summed E-state index contributed by atoms with van der Waals surface area (Å²) < 4.78 is 26.2. The minimum absolute atomic E-state index is 0.0358. The normalized spacial score (nSPS) is 15.7. The average molecular weight is 548 g/mol. The van der Waals surface area contributed by atoms with Crippen LogP contribution in [0.15, 0.2) is 82.8 Å². The van der Waals surface area contributed by atoms with Gasteiger partial charge in [0.15, 0.2) is 5.17 Å². The van der Waals surface area contributed by atoms with Crippen LogP contribution in [0, 0.1) is 11.6 Å². The maximum Gasteiger partial charge on any atom is 0.259 e. The summed E-state index contributed by atoms with van der Waals surface area (Å²) in [7, 11) is 0. The number of anilines is 1. The standard InChI is InChI=1S/C28H23F2N5O3S/c29-18-7-5-17(6-8-18)15-31-24(36)14-13-23-27(38)35-26(33-23)21-3-1-2-4-22(21)34-28(35)39-16-25(37)32-20-11-9-19(30)10-12-20/h1-12,23H,13-16H2,(H,31,36)(H,32,37)/t23-/m1/s1. The van der Waals surface area contributed by atoms with Gasteiger partial charge >= 0.3 is 0 Å². The van der Waals surface area contributed by atoms with E-state index in [0.717, 1.165) is 17.3 Å². The Morgan fingerprint density at radius 2 is 1.62 bits per heavy atom. The van der Waals surface area contributed by atoms with Crippen LogP contribution < -0.4 is 10.6 Å². The summed E-state index contributed by atoms with van der Waals surface area (Å²) in [6, 6.07) is 17.7. The van der Waals surface area contributed by atoms with E-state index in [1.54, 1.807) is 18.2 Å². The number of fused-ring (bicyclic) bond motifs is 3. The molecule has 2 heterocycles. The summed E-state index contributed by atoms with van der Waals surface area (Å²) in [6.07, 6.45) is 0.267. The lowest BCUT2D eigenvalue weighted by atomic mass is 10.1. The second-order valence-electron chi connectivity index (χ2n) is 8.84. The molecule has 39 heavy (non-hydrogen) atoms. The maximum atomic E-state index is 13.4. The zero-order chi connectivity index (χ0) is 27.4. The van der Waals surface area contributed by atoms with Gasteiger partial charge in [0.05, 0.1) is 11.4 Å². The molecule has 0 unspecified atom stereocenters. The van der Waals surface area contributed by atoms with Gasteiger partial charge in [-0.25, -0.2) is 18.7 Å². The molecule has 0 bridgehead atoms. The highest BCUT2D eigenvalue weighted by molar-refractivity contribution is 8.14. The molecule has 1 atom stereocenters. The van der Waals surface area contributed by atoms with Crippen molar-refractivity contribution >= 4 is 51.9 Å². The fourth-order valence-electron chi connectivity index (χ4n) is 4.11. The van der Waals surface area contributed by atoms with Crippen molar-refractivity contribution in [3.63, 3.8) is 0 Å². The Morgan fingerprint density at radius 3 is 2.36 bits per heavy atom. The number of thioether (sulfide) groups is 1. The third-order valence-electron chi connectivity index (χ3n) is 6.06. The average Bonchev–Trinajstić information content (AvgIpc) is 3.28. The summed E-state index contributed by atoms with van der Waals surface area (Å²) in [5.74, 6) is -1.27. The molecule has 0 fully saturated rings. The molecule has 2 aliphatic heterocycles. The zero-order valence-electron chi connectivity index (χ0n) is 20.6. The Balaban J connectivity index is 1.23. The summed E-state index contributed by atoms with van der Waals surface area (Å²) in [4.78, 5) is 48.9. The van der Waals surface area contributed by atoms with Crippen molar-refractivity contribution in [2.45, 2.75) is 25.4 Å². The van der Waals surface area contributed by atoms with E-state index >= 15 is 0 Å². The second kappa shape index (κ2) is 11.6. The zero-order valence-corrected chi connectivity index (χ0v) is 21.4. The highest BCUT2D eigenvalue weighted by atomic mass is 32.2. The summed E-state index contributed by atoms with van der Waals surface area (Å²) in [5, 5.41) is 5.78. The number of amidine groups is 2. The number of halogens is 2.